The third-order valence-electron chi connectivity index (χ3n) is 7.00. The molecule has 164 valence electrons. The van der Waals surface area contributed by atoms with Gasteiger partial charge in [0.2, 0.25) is 0 Å². The summed E-state index contributed by atoms with van der Waals surface area (Å²) >= 11 is 0. The number of pyridine rings is 1. The molecule has 1 unspecified atom stereocenters. The van der Waals surface area contributed by atoms with E-state index in [0.29, 0.717) is 24.1 Å². The number of hydrogen-bond donors (Lipinski definition) is 0. The van der Waals surface area contributed by atoms with Crippen molar-refractivity contribution in [3.05, 3.63) is 77.3 Å². The molecule has 0 saturated heterocycles. The van der Waals surface area contributed by atoms with Crippen LogP contribution in [0.2, 0.25) is 0 Å². The van der Waals surface area contributed by atoms with Crippen molar-refractivity contribution in [2.45, 2.75) is 63.4 Å². The Labute approximate surface area is 188 Å². The normalized spacial score (nSPS) is 26.0. The first-order valence-corrected chi connectivity index (χ1v) is 11.6. The number of allylic oxidation sites excluding steroid dienone is 2. The lowest BCUT2D eigenvalue weighted by molar-refractivity contribution is -0.151. The monoisotopic (exact) mass is 428 g/mol. The molecule has 0 spiro atoms. The maximum Gasteiger partial charge on any atom is 0.315 e. The summed E-state index contributed by atoms with van der Waals surface area (Å²) in [5, 5.41) is 0. The Bertz CT molecular complexity index is 1070. The summed E-state index contributed by atoms with van der Waals surface area (Å²) in [4.78, 5) is 36.2. The third kappa shape index (κ3) is 3.92. The Kier molecular flexibility index (Phi) is 5.73. The zero-order chi connectivity index (χ0) is 22.1. The highest BCUT2D eigenvalue weighted by atomic mass is 16.5. The van der Waals surface area contributed by atoms with Gasteiger partial charge in [0, 0.05) is 35.3 Å². The number of esters is 1. The fraction of sp³-hybridized carbons (Fsp3) is 0.407. The van der Waals surface area contributed by atoms with Crippen LogP contribution >= 0.6 is 0 Å². The Hall–Kier alpha value is -3.08. The molecule has 2 heterocycles. The number of hydrogen-bond acceptors (Lipinski definition) is 5. The fourth-order valence-corrected chi connectivity index (χ4v) is 5.45. The predicted octanol–water partition coefficient (Wildman–Crippen LogP) is 5.14. The number of nitrogens with zero attached hydrogens (tertiary/aromatic N) is 2. The quantitative estimate of drug-likeness (QED) is 0.632. The zero-order valence-corrected chi connectivity index (χ0v) is 18.4. The first-order valence-electron chi connectivity index (χ1n) is 11.6. The van der Waals surface area contributed by atoms with Gasteiger partial charge >= 0.3 is 5.97 Å². The van der Waals surface area contributed by atoms with Crippen LogP contribution < -0.4 is 0 Å². The van der Waals surface area contributed by atoms with Crippen LogP contribution in [0.3, 0.4) is 0 Å². The topological polar surface area (TPSA) is 68.6 Å². The maximum absolute atomic E-state index is 13.5. The maximum atomic E-state index is 13.5. The Balaban J connectivity index is 1.53. The molecule has 0 bridgehead atoms. The minimum atomic E-state index is -0.610. The van der Waals surface area contributed by atoms with Crippen molar-refractivity contribution in [1.29, 1.82) is 0 Å². The smallest absolute Gasteiger partial charge is 0.315 e. The first kappa shape index (κ1) is 20.8. The second-order valence-electron chi connectivity index (χ2n) is 9.11. The molecule has 0 radical (unpaired) electrons. The summed E-state index contributed by atoms with van der Waals surface area (Å²) in [5.74, 6) is -1.17. The lowest BCUT2D eigenvalue weighted by Gasteiger charge is -2.36. The van der Waals surface area contributed by atoms with E-state index >= 15 is 0 Å². The van der Waals surface area contributed by atoms with Crippen LogP contribution in [0.5, 0.6) is 0 Å². The van der Waals surface area contributed by atoms with Gasteiger partial charge in [0.05, 0.1) is 5.92 Å². The number of Topliss-reactive ketones (excluding diaryl/α,β-unsaturated/α-hetero) is 1. The molecule has 1 saturated carbocycles. The number of benzene rings is 1. The summed E-state index contributed by atoms with van der Waals surface area (Å²) in [6.45, 7) is 1.89. The van der Waals surface area contributed by atoms with Crippen molar-refractivity contribution >= 4 is 17.5 Å². The lowest BCUT2D eigenvalue weighted by atomic mass is 9.70. The highest BCUT2D eigenvalue weighted by molar-refractivity contribution is 6.09. The summed E-state index contributed by atoms with van der Waals surface area (Å²) in [5.41, 5.74) is 4.04. The number of rotatable bonds is 4. The molecule has 2 aliphatic carbocycles. The largest absolute Gasteiger partial charge is 0.462 e. The molecule has 2 aromatic rings. The summed E-state index contributed by atoms with van der Waals surface area (Å²) in [7, 11) is 0. The molecule has 32 heavy (non-hydrogen) atoms. The van der Waals surface area contributed by atoms with Crippen LogP contribution in [0.4, 0.5) is 0 Å². The van der Waals surface area contributed by atoms with Gasteiger partial charge < -0.3 is 4.74 Å². The van der Waals surface area contributed by atoms with Crippen LogP contribution in [-0.4, -0.2) is 28.6 Å². The van der Waals surface area contributed by atoms with E-state index in [-0.39, 0.29) is 23.8 Å². The minimum Gasteiger partial charge on any atom is -0.462 e. The highest BCUT2D eigenvalue weighted by Gasteiger charge is 2.45. The molecule has 0 N–H and O–H groups in total. The molecule has 3 aliphatic rings. The van der Waals surface area contributed by atoms with Crippen LogP contribution in [0.25, 0.3) is 0 Å². The van der Waals surface area contributed by atoms with Crippen molar-refractivity contribution in [2.24, 2.45) is 10.9 Å². The number of ketones is 1. The Morgan fingerprint density at radius 1 is 1.00 bits per heavy atom. The molecule has 3 atom stereocenters. The highest BCUT2D eigenvalue weighted by Crippen LogP contribution is 2.46. The molecular formula is C27H28N2O3. The molecule has 5 rings (SSSR count). The van der Waals surface area contributed by atoms with Crippen molar-refractivity contribution in [3.63, 3.8) is 0 Å². The fourth-order valence-electron chi connectivity index (χ4n) is 5.45. The van der Waals surface area contributed by atoms with E-state index in [9.17, 15) is 9.59 Å². The molecule has 5 nitrogen and oxygen atoms in total. The summed E-state index contributed by atoms with van der Waals surface area (Å²) < 4.78 is 5.90. The van der Waals surface area contributed by atoms with E-state index in [1.165, 1.54) is 0 Å². The Morgan fingerprint density at radius 3 is 2.47 bits per heavy atom. The first-order chi connectivity index (χ1) is 15.6. The minimum absolute atomic E-state index is 0.0282. The average molecular weight is 429 g/mol. The van der Waals surface area contributed by atoms with Gasteiger partial charge in [0.1, 0.15) is 12.0 Å². The van der Waals surface area contributed by atoms with Crippen molar-refractivity contribution in [2.75, 3.05) is 0 Å². The molecule has 1 aromatic carbocycles. The van der Waals surface area contributed by atoms with Gasteiger partial charge in [-0.2, -0.15) is 0 Å². The van der Waals surface area contributed by atoms with Gasteiger partial charge in [-0.05, 0) is 62.6 Å². The number of ether oxygens (including phenoxy) is 1. The summed E-state index contributed by atoms with van der Waals surface area (Å²) in [6, 6.07) is 15.8. The number of aliphatic imine (C=N–C) groups is 1. The van der Waals surface area contributed by atoms with E-state index in [0.717, 1.165) is 42.6 Å². The molecule has 1 fully saturated rings. The van der Waals surface area contributed by atoms with Crippen LogP contribution in [0.15, 0.2) is 71.0 Å². The van der Waals surface area contributed by atoms with Crippen LogP contribution in [0, 0.1) is 5.92 Å². The van der Waals surface area contributed by atoms with Gasteiger partial charge in [-0.15, -0.1) is 0 Å². The molecule has 1 aliphatic heterocycles. The summed E-state index contributed by atoms with van der Waals surface area (Å²) in [6.07, 6.45) is 6.81. The van der Waals surface area contributed by atoms with Gasteiger partial charge in [0.15, 0.2) is 5.78 Å². The van der Waals surface area contributed by atoms with Gasteiger partial charge in [-0.1, -0.05) is 36.4 Å². The third-order valence-corrected chi connectivity index (χ3v) is 7.00. The second kappa shape index (κ2) is 8.81. The number of carbonyl (C=O) groups excluding carboxylic acids is 2. The second-order valence-corrected chi connectivity index (χ2v) is 9.11. The van der Waals surface area contributed by atoms with Crippen molar-refractivity contribution < 1.29 is 14.3 Å². The average Bonchev–Trinajstić information content (AvgIpc) is 3.32. The molecule has 5 heteroatoms. The van der Waals surface area contributed by atoms with Crippen LogP contribution in [0.1, 0.15) is 68.5 Å². The predicted molar refractivity (Wildman–Crippen MR) is 122 cm³/mol. The Morgan fingerprint density at radius 2 is 1.75 bits per heavy atom. The van der Waals surface area contributed by atoms with Crippen molar-refractivity contribution in [1.82, 2.24) is 4.98 Å². The van der Waals surface area contributed by atoms with Gasteiger partial charge in [0.25, 0.3) is 0 Å². The number of aromatic nitrogens is 1. The lowest BCUT2D eigenvalue weighted by Crippen LogP contribution is -2.39. The standard InChI is InChI=1S/C27H28N2O3/c1-17-24(27(31)32-20-11-5-6-12-20)26(21-13-7-8-14-28-21)25-22(29-17)15-19(16-23(25)30)18-9-3-2-4-10-18/h2-4,7-10,13-14,19-20,24,26H,5-6,11-12,15-16H2,1H3/t19-,24?,26+/m0/s1. The number of carbonyl (C=O) groups is 2. The molecular weight excluding hydrogens is 400 g/mol. The molecule has 1 aromatic heterocycles. The van der Waals surface area contributed by atoms with E-state index < -0.39 is 11.8 Å². The van der Waals surface area contributed by atoms with E-state index in [4.69, 9.17) is 9.73 Å². The zero-order valence-electron chi connectivity index (χ0n) is 18.4. The van der Waals surface area contributed by atoms with E-state index in [2.05, 4.69) is 17.1 Å². The van der Waals surface area contributed by atoms with Gasteiger partial charge in [-0.25, -0.2) is 0 Å². The van der Waals surface area contributed by atoms with E-state index in [1.54, 1.807) is 6.20 Å². The molecule has 0 amide bonds. The SMILES string of the molecule is CC1=NC2=C(C(=O)C[C@@H](c3ccccc3)C2)[C@H](c2ccccn2)C1C(=O)OC1CCCC1. The van der Waals surface area contributed by atoms with E-state index in [1.807, 2.05) is 43.3 Å². The van der Waals surface area contributed by atoms with Crippen LogP contribution in [-0.2, 0) is 14.3 Å². The van der Waals surface area contributed by atoms with Crippen molar-refractivity contribution in [3.8, 4) is 0 Å². The van der Waals surface area contributed by atoms with Gasteiger partial charge in [-0.3, -0.25) is 19.6 Å².